The van der Waals surface area contributed by atoms with Crippen molar-refractivity contribution in [2.75, 3.05) is 18.4 Å². The molecule has 166 valence electrons. The third-order valence-corrected chi connectivity index (χ3v) is 8.15. The predicted molar refractivity (Wildman–Crippen MR) is 130 cm³/mol. The minimum absolute atomic E-state index is 0.215. The molecule has 0 bridgehead atoms. The van der Waals surface area contributed by atoms with Crippen molar-refractivity contribution < 1.29 is 13.2 Å². The molecule has 0 aliphatic heterocycles. The number of benzene rings is 2. The van der Waals surface area contributed by atoms with Gasteiger partial charge in [0, 0.05) is 28.9 Å². The largest absolute Gasteiger partial charge is 0.321 e. The molecule has 0 aliphatic carbocycles. The highest BCUT2D eigenvalue weighted by Crippen LogP contribution is 2.35. The van der Waals surface area contributed by atoms with Crippen molar-refractivity contribution in [1.82, 2.24) is 4.31 Å². The Bertz CT molecular complexity index is 1160. The SMILES string of the molecule is CC(C)CN(CC(C)C)S(=O)(=O)c1ccc(NC(=O)c2sc3ccccc3c2Cl)cc1. The molecule has 1 heterocycles. The summed E-state index contributed by atoms with van der Waals surface area (Å²) in [5, 5.41) is 4.08. The Balaban J connectivity index is 1.80. The number of halogens is 1. The molecule has 0 saturated heterocycles. The number of sulfonamides is 1. The highest BCUT2D eigenvalue weighted by Gasteiger charge is 2.26. The number of hydrogen-bond acceptors (Lipinski definition) is 4. The molecule has 0 unspecified atom stereocenters. The van der Waals surface area contributed by atoms with Crippen molar-refractivity contribution in [1.29, 1.82) is 0 Å². The van der Waals surface area contributed by atoms with E-state index in [0.717, 1.165) is 10.1 Å². The maximum absolute atomic E-state index is 13.1. The zero-order valence-corrected chi connectivity index (χ0v) is 20.4. The average molecular weight is 479 g/mol. The highest BCUT2D eigenvalue weighted by molar-refractivity contribution is 7.89. The van der Waals surface area contributed by atoms with E-state index in [1.165, 1.54) is 27.8 Å². The topological polar surface area (TPSA) is 66.5 Å². The minimum atomic E-state index is -3.61. The van der Waals surface area contributed by atoms with E-state index in [1.54, 1.807) is 12.1 Å². The van der Waals surface area contributed by atoms with Gasteiger partial charge in [0.15, 0.2) is 0 Å². The van der Waals surface area contributed by atoms with Crippen LogP contribution < -0.4 is 5.32 Å². The fourth-order valence-electron chi connectivity index (χ4n) is 3.29. The second-order valence-corrected chi connectivity index (χ2v) is 11.7. The van der Waals surface area contributed by atoms with Crippen LogP contribution in [0.15, 0.2) is 53.4 Å². The summed E-state index contributed by atoms with van der Waals surface area (Å²) >= 11 is 7.71. The van der Waals surface area contributed by atoms with Crippen molar-refractivity contribution in [3.63, 3.8) is 0 Å². The van der Waals surface area contributed by atoms with Crippen LogP contribution in [-0.2, 0) is 10.0 Å². The fraction of sp³-hybridized carbons (Fsp3) is 0.348. The van der Waals surface area contributed by atoms with Crippen molar-refractivity contribution in [2.24, 2.45) is 11.8 Å². The number of amides is 1. The zero-order chi connectivity index (χ0) is 22.8. The third-order valence-electron chi connectivity index (χ3n) is 4.63. The number of carbonyl (C=O) groups excluding carboxylic acids is 1. The first kappa shape index (κ1) is 23.7. The molecule has 8 heteroatoms. The summed E-state index contributed by atoms with van der Waals surface area (Å²) in [5.41, 5.74) is 0.511. The molecule has 0 radical (unpaired) electrons. The molecule has 1 N–H and O–H groups in total. The molecule has 0 aliphatic rings. The Hall–Kier alpha value is -1.93. The first-order chi connectivity index (χ1) is 14.6. The van der Waals surface area contributed by atoms with Crippen LogP contribution in [0.5, 0.6) is 0 Å². The number of nitrogens with one attached hydrogen (secondary N) is 1. The molecular weight excluding hydrogens is 452 g/mol. The van der Waals surface area contributed by atoms with Gasteiger partial charge in [0.05, 0.1) is 9.92 Å². The lowest BCUT2D eigenvalue weighted by Crippen LogP contribution is -2.37. The normalized spacial score (nSPS) is 12.3. The van der Waals surface area contributed by atoms with E-state index < -0.39 is 10.0 Å². The average Bonchev–Trinajstić information content (AvgIpc) is 3.04. The van der Waals surface area contributed by atoms with Crippen LogP contribution in [0.25, 0.3) is 10.1 Å². The molecule has 0 saturated carbocycles. The number of carbonyl (C=O) groups is 1. The number of thiophene rings is 1. The maximum atomic E-state index is 13.1. The van der Waals surface area contributed by atoms with Crippen LogP contribution in [0.2, 0.25) is 5.02 Å². The van der Waals surface area contributed by atoms with E-state index in [2.05, 4.69) is 5.32 Å². The zero-order valence-electron chi connectivity index (χ0n) is 18.1. The molecule has 5 nitrogen and oxygen atoms in total. The summed E-state index contributed by atoms with van der Waals surface area (Å²) in [5.74, 6) is 0.124. The van der Waals surface area contributed by atoms with Crippen molar-refractivity contribution in [3.05, 3.63) is 58.4 Å². The highest BCUT2D eigenvalue weighted by atomic mass is 35.5. The second kappa shape index (κ2) is 9.69. The molecule has 3 rings (SSSR count). The third kappa shape index (κ3) is 5.47. The van der Waals surface area contributed by atoms with Gasteiger partial charge in [-0.25, -0.2) is 8.42 Å². The smallest absolute Gasteiger partial charge is 0.267 e. The van der Waals surface area contributed by atoms with E-state index in [1.807, 2.05) is 52.0 Å². The summed E-state index contributed by atoms with van der Waals surface area (Å²) in [7, 11) is -3.61. The first-order valence-electron chi connectivity index (χ1n) is 10.2. The van der Waals surface area contributed by atoms with E-state index in [-0.39, 0.29) is 22.6 Å². The van der Waals surface area contributed by atoms with Crippen molar-refractivity contribution >= 4 is 54.6 Å². The van der Waals surface area contributed by atoms with Gasteiger partial charge in [-0.3, -0.25) is 4.79 Å². The number of fused-ring (bicyclic) bond motifs is 1. The van der Waals surface area contributed by atoms with Gasteiger partial charge < -0.3 is 5.32 Å². The van der Waals surface area contributed by atoms with Crippen molar-refractivity contribution in [2.45, 2.75) is 32.6 Å². The molecule has 0 fully saturated rings. The van der Waals surface area contributed by atoms with Gasteiger partial charge in [-0.05, 0) is 42.2 Å². The number of hydrogen-bond donors (Lipinski definition) is 1. The molecule has 0 atom stereocenters. The van der Waals surface area contributed by atoms with E-state index in [0.29, 0.717) is 28.7 Å². The molecule has 0 spiro atoms. The quantitative estimate of drug-likeness (QED) is 0.424. The van der Waals surface area contributed by atoms with Gasteiger partial charge in [-0.2, -0.15) is 4.31 Å². The first-order valence-corrected chi connectivity index (χ1v) is 12.8. The Morgan fingerprint density at radius 1 is 1.00 bits per heavy atom. The molecule has 1 amide bonds. The number of rotatable bonds is 8. The summed E-state index contributed by atoms with van der Waals surface area (Å²) in [4.78, 5) is 13.4. The van der Waals surface area contributed by atoms with Gasteiger partial charge in [0.2, 0.25) is 10.0 Å². The van der Waals surface area contributed by atoms with E-state index in [9.17, 15) is 13.2 Å². The van der Waals surface area contributed by atoms with Crippen LogP contribution >= 0.6 is 22.9 Å². The van der Waals surface area contributed by atoms with Gasteiger partial charge in [-0.15, -0.1) is 11.3 Å². The summed E-state index contributed by atoms with van der Waals surface area (Å²) < 4.78 is 28.7. The lowest BCUT2D eigenvalue weighted by molar-refractivity contribution is 0.103. The predicted octanol–water partition coefficient (Wildman–Crippen LogP) is 6.11. The maximum Gasteiger partial charge on any atom is 0.267 e. The second-order valence-electron chi connectivity index (χ2n) is 8.33. The Labute approximate surface area is 193 Å². The monoisotopic (exact) mass is 478 g/mol. The molecule has 2 aromatic carbocycles. The minimum Gasteiger partial charge on any atom is -0.321 e. The molecule has 31 heavy (non-hydrogen) atoms. The standard InChI is InChI=1S/C23H27ClN2O3S2/c1-15(2)13-26(14-16(3)4)31(28,29)18-11-9-17(10-12-18)25-23(27)22-21(24)19-7-5-6-8-20(19)30-22/h5-12,15-16H,13-14H2,1-4H3,(H,25,27). The lowest BCUT2D eigenvalue weighted by Gasteiger charge is -2.25. The van der Waals surface area contributed by atoms with Gasteiger partial charge in [0.25, 0.3) is 5.91 Å². The van der Waals surface area contributed by atoms with Crippen LogP contribution in [0.4, 0.5) is 5.69 Å². The Morgan fingerprint density at radius 2 is 1.58 bits per heavy atom. The van der Waals surface area contributed by atoms with E-state index >= 15 is 0 Å². The number of nitrogens with zero attached hydrogens (tertiary/aromatic N) is 1. The number of anilines is 1. The molecule has 3 aromatic rings. The van der Waals surface area contributed by atoms with Gasteiger partial charge in [0.1, 0.15) is 4.88 Å². The van der Waals surface area contributed by atoms with Crippen LogP contribution in [-0.4, -0.2) is 31.7 Å². The van der Waals surface area contributed by atoms with Crippen molar-refractivity contribution in [3.8, 4) is 0 Å². The van der Waals surface area contributed by atoms with E-state index in [4.69, 9.17) is 11.6 Å². The van der Waals surface area contributed by atoms with Gasteiger partial charge in [-0.1, -0.05) is 57.5 Å². The molecule has 1 aromatic heterocycles. The Kier molecular flexibility index (Phi) is 7.42. The van der Waals surface area contributed by atoms with Gasteiger partial charge >= 0.3 is 0 Å². The van der Waals surface area contributed by atoms with Crippen LogP contribution in [0, 0.1) is 11.8 Å². The Morgan fingerprint density at radius 3 is 2.13 bits per heavy atom. The van der Waals surface area contributed by atoms with Crippen LogP contribution in [0.3, 0.4) is 0 Å². The summed E-state index contributed by atoms with van der Waals surface area (Å²) in [6.45, 7) is 8.93. The summed E-state index contributed by atoms with van der Waals surface area (Å²) in [6.07, 6.45) is 0. The fourth-order valence-corrected chi connectivity index (χ4v) is 6.47. The summed E-state index contributed by atoms with van der Waals surface area (Å²) in [6, 6.07) is 13.9. The molecular formula is C23H27ClN2O3S2. The lowest BCUT2D eigenvalue weighted by atomic mass is 10.2. The van der Waals surface area contributed by atoms with Crippen LogP contribution in [0.1, 0.15) is 37.4 Å².